The van der Waals surface area contributed by atoms with E-state index in [1.807, 2.05) is 25.3 Å². The van der Waals surface area contributed by atoms with Gasteiger partial charge in [-0.15, -0.1) is 0 Å². The molecule has 1 aromatic heterocycles. The van der Waals surface area contributed by atoms with Gasteiger partial charge >= 0.3 is 5.97 Å². The number of aryl methyl sites for hydroxylation is 1. The number of nitrogens with zero attached hydrogens (tertiary/aromatic N) is 2. The number of carboxylic acids is 1. The van der Waals surface area contributed by atoms with E-state index in [0.717, 1.165) is 5.56 Å². The van der Waals surface area contributed by atoms with Crippen molar-refractivity contribution < 1.29 is 14.6 Å². The van der Waals surface area contributed by atoms with Crippen molar-refractivity contribution in [2.24, 2.45) is 0 Å². The smallest absolute Gasteiger partial charge is 0.339 e. The van der Waals surface area contributed by atoms with Crippen LogP contribution in [0.2, 0.25) is 0 Å². The standard InChI is InChI=1S/C13H14N2O3/c1-10-3-4-12(11(9-10)13(16)17)18-8-7-15-6-2-5-14-15/h2-6,9H,7-8H2,1H3,(H,16,17). The number of hydrogen-bond acceptors (Lipinski definition) is 3. The second-order valence-electron chi connectivity index (χ2n) is 3.92. The predicted molar refractivity (Wildman–Crippen MR) is 65.9 cm³/mol. The fourth-order valence-electron chi connectivity index (χ4n) is 1.62. The Kier molecular flexibility index (Phi) is 3.62. The molecule has 0 aliphatic rings. The second kappa shape index (κ2) is 5.35. The number of aromatic carboxylic acids is 1. The molecule has 0 aliphatic carbocycles. The Hall–Kier alpha value is -2.30. The van der Waals surface area contributed by atoms with Crippen molar-refractivity contribution in [3.8, 4) is 5.75 Å². The summed E-state index contributed by atoms with van der Waals surface area (Å²) in [6, 6.07) is 6.94. The Morgan fingerprint density at radius 3 is 3.00 bits per heavy atom. The molecule has 94 valence electrons. The molecule has 0 bridgehead atoms. The van der Waals surface area contributed by atoms with E-state index in [0.29, 0.717) is 18.9 Å². The van der Waals surface area contributed by atoms with Gasteiger partial charge in [0.1, 0.15) is 17.9 Å². The van der Waals surface area contributed by atoms with E-state index in [1.165, 1.54) is 0 Å². The van der Waals surface area contributed by atoms with Gasteiger partial charge in [-0.25, -0.2) is 4.79 Å². The van der Waals surface area contributed by atoms with Gasteiger partial charge in [-0.1, -0.05) is 11.6 Å². The zero-order valence-electron chi connectivity index (χ0n) is 10.0. The Labute approximate surface area is 105 Å². The Morgan fingerprint density at radius 2 is 2.33 bits per heavy atom. The minimum Gasteiger partial charge on any atom is -0.491 e. The van der Waals surface area contributed by atoms with Crippen LogP contribution in [0.3, 0.4) is 0 Å². The van der Waals surface area contributed by atoms with Crippen LogP contribution in [0, 0.1) is 6.92 Å². The lowest BCUT2D eigenvalue weighted by Crippen LogP contribution is -2.10. The molecule has 2 rings (SSSR count). The molecular weight excluding hydrogens is 232 g/mol. The van der Waals surface area contributed by atoms with Crippen LogP contribution in [0.25, 0.3) is 0 Å². The maximum Gasteiger partial charge on any atom is 0.339 e. The van der Waals surface area contributed by atoms with Gasteiger partial charge in [0.25, 0.3) is 0 Å². The highest BCUT2D eigenvalue weighted by Crippen LogP contribution is 2.20. The molecule has 0 amide bonds. The quantitative estimate of drug-likeness (QED) is 0.876. The van der Waals surface area contributed by atoms with E-state index < -0.39 is 5.97 Å². The zero-order chi connectivity index (χ0) is 13.0. The van der Waals surface area contributed by atoms with Gasteiger partial charge in [0.05, 0.1) is 6.54 Å². The molecule has 0 saturated carbocycles. The van der Waals surface area contributed by atoms with Crippen molar-refractivity contribution in [2.75, 3.05) is 6.61 Å². The molecule has 5 heteroatoms. The van der Waals surface area contributed by atoms with E-state index in [9.17, 15) is 4.79 Å². The fraction of sp³-hybridized carbons (Fsp3) is 0.231. The minimum atomic E-state index is -0.979. The van der Waals surface area contributed by atoms with Crippen LogP contribution < -0.4 is 4.74 Å². The Bertz CT molecular complexity index is 535. The van der Waals surface area contributed by atoms with Crippen molar-refractivity contribution in [1.29, 1.82) is 0 Å². The number of rotatable bonds is 5. The fourth-order valence-corrected chi connectivity index (χ4v) is 1.62. The van der Waals surface area contributed by atoms with Crippen LogP contribution in [0.5, 0.6) is 5.75 Å². The van der Waals surface area contributed by atoms with E-state index in [1.54, 1.807) is 23.0 Å². The third-order valence-electron chi connectivity index (χ3n) is 2.50. The summed E-state index contributed by atoms with van der Waals surface area (Å²) in [4.78, 5) is 11.1. The number of benzene rings is 1. The van der Waals surface area contributed by atoms with Crippen LogP contribution in [-0.4, -0.2) is 27.5 Å². The minimum absolute atomic E-state index is 0.190. The summed E-state index contributed by atoms with van der Waals surface area (Å²) in [5.74, 6) is -0.590. The molecule has 0 atom stereocenters. The van der Waals surface area contributed by atoms with Crippen LogP contribution in [0.1, 0.15) is 15.9 Å². The topological polar surface area (TPSA) is 64.4 Å². The maximum atomic E-state index is 11.1. The van der Waals surface area contributed by atoms with Gasteiger partial charge in [0, 0.05) is 12.4 Å². The van der Waals surface area contributed by atoms with E-state index >= 15 is 0 Å². The first kappa shape index (κ1) is 12.2. The zero-order valence-corrected chi connectivity index (χ0v) is 10.0. The first-order valence-corrected chi connectivity index (χ1v) is 5.61. The van der Waals surface area contributed by atoms with Gasteiger partial charge in [0.2, 0.25) is 0 Å². The normalized spacial score (nSPS) is 10.3. The Morgan fingerprint density at radius 1 is 1.50 bits per heavy atom. The van der Waals surface area contributed by atoms with Crippen LogP contribution >= 0.6 is 0 Å². The average Bonchev–Trinajstić information content (AvgIpc) is 2.84. The first-order valence-electron chi connectivity index (χ1n) is 5.61. The van der Waals surface area contributed by atoms with E-state index in [2.05, 4.69) is 5.10 Å². The monoisotopic (exact) mass is 246 g/mol. The van der Waals surface area contributed by atoms with Gasteiger partial charge in [-0.05, 0) is 25.1 Å². The number of aromatic nitrogens is 2. The lowest BCUT2D eigenvalue weighted by atomic mass is 10.1. The summed E-state index contributed by atoms with van der Waals surface area (Å²) < 4.78 is 7.22. The molecule has 5 nitrogen and oxygen atoms in total. The van der Waals surface area contributed by atoms with Crippen molar-refractivity contribution in [2.45, 2.75) is 13.5 Å². The van der Waals surface area contributed by atoms with Crippen LogP contribution in [0.4, 0.5) is 0 Å². The molecule has 1 aromatic carbocycles. The molecule has 0 aliphatic heterocycles. The van der Waals surface area contributed by atoms with E-state index in [-0.39, 0.29) is 5.56 Å². The van der Waals surface area contributed by atoms with Crippen molar-refractivity contribution in [3.05, 3.63) is 47.8 Å². The first-order chi connectivity index (χ1) is 8.66. The van der Waals surface area contributed by atoms with Crippen molar-refractivity contribution >= 4 is 5.97 Å². The number of carboxylic acid groups (broad SMARTS) is 1. The van der Waals surface area contributed by atoms with Crippen LogP contribution in [0.15, 0.2) is 36.7 Å². The van der Waals surface area contributed by atoms with Crippen molar-refractivity contribution in [1.82, 2.24) is 9.78 Å². The summed E-state index contributed by atoms with van der Waals surface area (Å²) in [6.45, 7) is 2.81. The Balaban J connectivity index is 2.02. The van der Waals surface area contributed by atoms with Crippen molar-refractivity contribution in [3.63, 3.8) is 0 Å². The average molecular weight is 246 g/mol. The molecule has 0 unspecified atom stereocenters. The molecule has 0 saturated heterocycles. The third kappa shape index (κ3) is 2.88. The van der Waals surface area contributed by atoms with Gasteiger partial charge < -0.3 is 9.84 Å². The summed E-state index contributed by atoms with van der Waals surface area (Å²) in [5.41, 5.74) is 1.09. The van der Waals surface area contributed by atoms with E-state index in [4.69, 9.17) is 9.84 Å². The van der Waals surface area contributed by atoms with Gasteiger partial charge in [-0.3, -0.25) is 4.68 Å². The highest BCUT2D eigenvalue weighted by molar-refractivity contribution is 5.91. The molecule has 0 radical (unpaired) electrons. The van der Waals surface area contributed by atoms with Crippen LogP contribution in [-0.2, 0) is 6.54 Å². The number of carbonyl (C=O) groups is 1. The second-order valence-corrected chi connectivity index (χ2v) is 3.92. The molecule has 1 N–H and O–H groups in total. The molecule has 1 heterocycles. The third-order valence-corrected chi connectivity index (χ3v) is 2.50. The van der Waals surface area contributed by atoms with Gasteiger partial charge in [-0.2, -0.15) is 5.10 Å². The summed E-state index contributed by atoms with van der Waals surface area (Å²) in [5, 5.41) is 13.1. The lowest BCUT2D eigenvalue weighted by molar-refractivity contribution is 0.0692. The number of ether oxygens (including phenoxy) is 1. The molecule has 18 heavy (non-hydrogen) atoms. The summed E-state index contributed by atoms with van der Waals surface area (Å²) >= 11 is 0. The maximum absolute atomic E-state index is 11.1. The predicted octanol–water partition coefficient (Wildman–Crippen LogP) is 1.97. The van der Waals surface area contributed by atoms with Gasteiger partial charge in [0.15, 0.2) is 0 Å². The molecule has 0 spiro atoms. The highest BCUT2D eigenvalue weighted by Gasteiger charge is 2.11. The molecular formula is C13H14N2O3. The summed E-state index contributed by atoms with van der Waals surface area (Å²) in [6.07, 6.45) is 3.52. The lowest BCUT2D eigenvalue weighted by Gasteiger charge is -2.09. The SMILES string of the molecule is Cc1ccc(OCCn2cccn2)c(C(=O)O)c1. The summed E-state index contributed by atoms with van der Waals surface area (Å²) in [7, 11) is 0. The molecule has 2 aromatic rings. The molecule has 0 fully saturated rings. The highest BCUT2D eigenvalue weighted by atomic mass is 16.5. The largest absolute Gasteiger partial charge is 0.491 e. The number of hydrogen-bond donors (Lipinski definition) is 1.